The number of amides is 2. The molecule has 1 aromatic carbocycles. The molecular formula is C20H29ClN4O4S. The van der Waals surface area contributed by atoms with Crippen molar-refractivity contribution in [2.45, 2.75) is 50.8 Å². The van der Waals surface area contributed by atoms with Crippen molar-refractivity contribution in [3.63, 3.8) is 0 Å². The van der Waals surface area contributed by atoms with Crippen LogP contribution in [0.4, 0.5) is 4.79 Å². The maximum Gasteiger partial charge on any atom is 0.317 e. The lowest BCUT2D eigenvalue weighted by atomic mass is 10.2. The van der Waals surface area contributed by atoms with Crippen LogP contribution in [0.15, 0.2) is 35.6 Å². The van der Waals surface area contributed by atoms with Gasteiger partial charge in [0.25, 0.3) is 0 Å². The summed E-state index contributed by atoms with van der Waals surface area (Å²) in [5, 5.41) is 3.11. The quantitative estimate of drug-likeness (QED) is 0.592. The standard InChI is InChI=1S/C20H29ClN4O4S/c1-5-22-19(26)25(15(2)3)13-17-12-23-20(24(17)10-11-29-4)30(27,28)14-16-8-6-7-9-18(16)21/h6-9,12,15H,5,10-11,13-14H2,1-4H3,(H,22,26). The summed E-state index contributed by atoms with van der Waals surface area (Å²) in [5.41, 5.74) is 1.12. The molecule has 1 heterocycles. The molecule has 1 aromatic heterocycles. The maximum atomic E-state index is 13.1. The summed E-state index contributed by atoms with van der Waals surface area (Å²) in [5.74, 6) is -0.264. The summed E-state index contributed by atoms with van der Waals surface area (Å²) in [6.45, 7) is 6.98. The number of hydrogen-bond donors (Lipinski definition) is 1. The van der Waals surface area contributed by atoms with E-state index in [4.69, 9.17) is 16.3 Å². The van der Waals surface area contributed by atoms with Crippen molar-refractivity contribution >= 4 is 27.5 Å². The van der Waals surface area contributed by atoms with Gasteiger partial charge < -0.3 is 19.5 Å². The predicted octanol–water partition coefficient (Wildman–Crippen LogP) is 3.10. The van der Waals surface area contributed by atoms with Crippen LogP contribution in [0.2, 0.25) is 5.02 Å². The smallest absolute Gasteiger partial charge is 0.317 e. The van der Waals surface area contributed by atoms with Gasteiger partial charge in [0.15, 0.2) is 0 Å². The molecule has 0 aliphatic rings. The summed E-state index contributed by atoms with van der Waals surface area (Å²) in [7, 11) is -2.22. The first-order chi connectivity index (χ1) is 14.2. The van der Waals surface area contributed by atoms with E-state index in [-0.39, 0.29) is 29.5 Å². The van der Waals surface area contributed by atoms with Crippen LogP contribution in [0.5, 0.6) is 0 Å². The van der Waals surface area contributed by atoms with Crippen LogP contribution < -0.4 is 5.32 Å². The zero-order chi connectivity index (χ0) is 22.3. The van der Waals surface area contributed by atoms with E-state index < -0.39 is 9.84 Å². The molecule has 0 saturated carbocycles. The Morgan fingerprint density at radius 3 is 2.63 bits per heavy atom. The second-order valence-electron chi connectivity index (χ2n) is 7.08. The summed E-state index contributed by atoms with van der Waals surface area (Å²) in [6.07, 6.45) is 1.50. The number of halogens is 1. The van der Waals surface area contributed by atoms with Gasteiger partial charge in [0, 0.05) is 31.3 Å². The first kappa shape index (κ1) is 24.2. The van der Waals surface area contributed by atoms with Gasteiger partial charge in [0.2, 0.25) is 15.0 Å². The average Bonchev–Trinajstić information content (AvgIpc) is 3.09. The molecule has 2 rings (SSSR count). The van der Waals surface area contributed by atoms with Gasteiger partial charge in [0.05, 0.1) is 30.8 Å². The predicted molar refractivity (Wildman–Crippen MR) is 116 cm³/mol. The monoisotopic (exact) mass is 456 g/mol. The lowest BCUT2D eigenvalue weighted by Crippen LogP contribution is -2.43. The summed E-state index contributed by atoms with van der Waals surface area (Å²) in [4.78, 5) is 18.3. The second kappa shape index (κ2) is 10.8. The molecule has 8 nitrogen and oxygen atoms in total. The molecule has 2 aromatic rings. The Bertz CT molecular complexity index is 959. The number of ether oxygens (including phenoxy) is 1. The van der Waals surface area contributed by atoms with Crippen molar-refractivity contribution in [2.24, 2.45) is 0 Å². The molecule has 0 radical (unpaired) electrons. The van der Waals surface area contributed by atoms with Gasteiger partial charge in [0.1, 0.15) is 0 Å². The largest absolute Gasteiger partial charge is 0.383 e. The van der Waals surface area contributed by atoms with Crippen molar-refractivity contribution in [1.29, 1.82) is 0 Å². The molecule has 1 N–H and O–H groups in total. The number of carbonyl (C=O) groups excluding carboxylic acids is 1. The van der Waals surface area contributed by atoms with E-state index in [9.17, 15) is 13.2 Å². The van der Waals surface area contributed by atoms with Crippen LogP contribution in [0.1, 0.15) is 32.0 Å². The van der Waals surface area contributed by atoms with Crippen molar-refractivity contribution in [3.05, 3.63) is 46.7 Å². The third kappa shape index (κ3) is 5.96. The molecule has 30 heavy (non-hydrogen) atoms. The first-order valence-electron chi connectivity index (χ1n) is 9.75. The van der Waals surface area contributed by atoms with Crippen LogP contribution in [0, 0.1) is 0 Å². The van der Waals surface area contributed by atoms with Gasteiger partial charge in [-0.3, -0.25) is 0 Å². The van der Waals surface area contributed by atoms with Crippen LogP contribution in [0.25, 0.3) is 0 Å². The van der Waals surface area contributed by atoms with Crippen molar-refractivity contribution in [3.8, 4) is 0 Å². The third-order valence-electron chi connectivity index (χ3n) is 4.55. The molecular weight excluding hydrogens is 428 g/mol. The zero-order valence-electron chi connectivity index (χ0n) is 17.8. The van der Waals surface area contributed by atoms with Gasteiger partial charge in [-0.2, -0.15) is 0 Å². The number of sulfone groups is 1. The molecule has 0 aliphatic heterocycles. The van der Waals surface area contributed by atoms with E-state index >= 15 is 0 Å². The SMILES string of the molecule is CCNC(=O)N(Cc1cnc(S(=O)(=O)Cc2ccccc2Cl)n1CCOC)C(C)C. The van der Waals surface area contributed by atoms with Gasteiger partial charge in [-0.05, 0) is 32.4 Å². The van der Waals surface area contributed by atoms with E-state index in [1.807, 2.05) is 20.8 Å². The summed E-state index contributed by atoms with van der Waals surface area (Å²) in [6, 6.07) is 6.53. The molecule has 0 spiro atoms. The van der Waals surface area contributed by atoms with E-state index in [1.54, 1.807) is 40.8 Å². The highest BCUT2D eigenvalue weighted by atomic mass is 35.5. The van der Waals surface area contributed by atoms with Crippen molar-refractivity contribution in [2.75, 3.05) is 20.3 Å². The zero-order valence-corrected chi connectivity index (χ0v) is 19.3. The Hall–Kier alpha value is -2.10. The minimum Gasteiger partial charge on any atom is -0.383 e. The van der Waals surface area contributed by atoms with Crippen LogP contribution in [-0.2, 0) is 33.4 Å². The second-order valence-corrected chi connectivity index (χ2v) is 9.37. The number of aromatic nitrogens is 2. The number of hydrogen-bond acceptors (Lipinski definition) is 5. The van der Waals surface area contributed by atoms with Gasteiger partial charge in [-0.25, -0.2) is 18.2 Å². The Kier molecular flexibility index (Phi) is 8.69. The molecule has 0 unspecified atom stereocenters. The lowest BCUT2D eigenvalue weighted by molar-refractivity contribution is 0.172. The molecule has 0 aliphatic carbocycles. The Labute approximate surface area is 183 Å². The normalized spacial score (nSPS) is 11.7. The highest BCUT2D eigenvalue weighted by Gasteiger charge is 2.26. The van der Waals surface area contributed by atoms with E-state index in [0.717, 1.165) is 0 Å². The van der Waals surface area contributed by atoms with Crippen molar-refractivity contribution < 1.29 is 17.9 Å². The fraction of sp³-hybridized carbons (Fsp3) is 0.500. The molecule has 166 valence electrons. The Balaban J connectivity index is 2.40. The third-order valence-corrected chi connectivity index (χ3v) is 6.49. The fourth-order valence-corrected chi connectivity index (χ4v) is 4.82. The Morgan fingerprint density at radius 1 is 1.33 bits per heavy atom. The van der Waals surface area contributed by atoms with Crippen molar-refractivity contribution in [1.82, 2.24) is 19.8 Å². The molecule has 0 bridgehead atoms. The number of urea groups is 1. The minimum atomic E-state index is -3.77. The van der Waals surface area contributed by atoms with Gasteiger partial charge in [-0.1, -0.05) is 29.8 Å². The van der Waals surface area contributed by atoms with Gasteiger partial charge >= 0.3 is 6.03 Å². The molecule has 10 heteroatoms. The summed E-state index contributed by atoms with van der Waals surface area (Å²) >= 11 is 6.15. The molecule has 2 amide bonds. The highest BCUT2D eigenvalue weighted by molar-refractivity contribution is 7.90. The van der Waals surface area contributed by atoms with E-state index in [2.05, 4.69) is 10.3 Å². The average molecular weight is 457 g/mol. The lowest BCUT2D eigenvalue weighted by Gasteiger charge is -2.27. The number of nitrogens with zero attached hydrogens (tertiary/aromatic N) is 3. The molecule has 0 atom stereocenters. The topological polar surface area (TPSA) is 93.5 Å². The first-order valence-corrected chi connectivity index (χ1v) is 11.8. The Morgan fingerprint density at radius 2 is 2.03 bits per heavy atom. The minimum absolute atomic E-state index is 0.0610. The molecule has 0 fully saturated rings. The number of imidazole rings is 1. The van der Waals surface area contributed by atoms with E-state index in [1.165, 1.54) is 6.20 Å². The number of carbonyl (C=O) groups is 1. The number of methoxy groups -OCH3 is 1. The highest BCUT2D eigenvalue weighted by Crippen LogP contribution is 2.23. The molecule has 0 saturated heterocycles. The van der Waals surface area contributed by atoms with Crippen LogP contribution >= 0.6 is 11.6 Å². The fourth-order valence-electron chi connectivity index (χ4n) is 2.99. The van der Waals surface area contributed by atoms with Crippen LogP contribution in [0.3, 0.4) is 0 Å². The number of benzene rings is 1. The maximum absolute atomic E-state index is 13.1. The summed E-state index contributed by atoms with van der Waals surface area (Å²) < 4.78 is 33.0. The number of nitrogens with one attached hydrogen (secondary N) is 1. The van der Waals surface area contributed by atoms with Gasteiger partial charge in [-0.15, -0.1) is 0 Å². The van der Waals surface area contributed by atoms with E-state index in [0.29, 0.717) is 36.0 Å². The van der Waals surface area contributed by atoms with Crippen LogP contribution in [-0.4, -0.2) is 55.2 Å². The number of rotatable bonds is 10.